The van der Waals surface area contributed by atoms with E-state index in [1.807, 2.05) is 6.92 Å². The van der Waals surface area contributed by atoms with Crippen LogP contribution in [0.1, 0.15) is 26.2 Å². The largest absolute Gasteiger partial charge is 0.465 e. The number of carbonyl (C=O) groups is 2. The Labute approximate surface area is 145 Å². The van der Waals surface area contributed by atoms with E-state index in [9.17, 15) is 30.0 Å². The summed E-state index contributed by atoms with van der Waals surface area (Å²) in [5.41, 5.74) is 5.79. The van der Waals surface area contributed by atoms with Crippen molar-refractivity contribution in [3.05, 3.63) is 0 Å². The number of Topliss-reactive ketones (excluding diaryl/α,β-unsaturated/α-hetero) is 1. The van der Waals surface area contributed by atoms with Gasteiger partial charge in [0.15, 0.2) is 0 Å². The molecular formula is C15H27NO9. The summed E-state index contributed by atoms with van der Waals surface area (Å²) >= 11 is 0. The Bertz CT molecular complexity index is 474. The van der Waals surface area contributed by atoms with Crippen LogP contribution in [0.2, 0.25) is 0 Å². The number of unbranched alkanes of at least 4 members (excludes halogenated alkanes) is 1. The van der Waals surface area contributed by atoms with Gasteiger partial charge in [-0.2, -0.15) is 0 Å². The van der Waals surface area contributed by atoms with Crippen LogP contribution in [0.15, 0.2) is 0 Å². The van der Waals surface area contributed by atoms with Crippen LogP contribution < -0.4 is 5.73 Å². The lowest BCUT2D eigenvalue weighted by molar-refractivity contribution is -0.312. The van der Waals surface area contributed by atoms with E-state index < -0.39 is 60.5 Å². The number of ether oxygens (including phenoxy) is 2. The van der Waals surface area contributed by atoms with E-state index >= 15 is 0 Å². The number of carbonyl (C=O) groups excluding carboxylic acids is 2. The maximum atomic E-state index is 12.4. The van der Waals surface area contributed by atoms with Crippen LogP contribution in [0.4, 0.5) is 0 Å². The number of methoxy groups -OCH3 is 1. The third-order valence-corrected chi connectivity index (χ3v) is 4.37. The number of esters is 1. The molecule has 0 saturated carbocycles. The second kappa shape index (κ2) is 8.99. The molecule has 1 aliphatic heterocycles. The summed E-state index contributed by atoms with van der Waals surface area (Å²) < 4.78 is 9.63. The molecule has 2 unspecified atom stereocenters. The molecule has 7 atom stereocenters. The highest BCUT2D eigenvalue weighted by atomic mass is 16.7. The first-order chi connectivity index (χ1) is 11.6. The third kappa shape index (κ3) is 4.34. The van der Waals surface area contributed by atoms with E-state index in [-0.39, 0.29) is 6.42 Å². The number of aliphatic hydroxyl groups excluding tert-OH is 4. The number of nitrogens with two attached hydrogens (primary N) is 1. The fourth-order valence-electron chi connectivity index (χ4n) is 2.87. The first-order valence-corrected chi connectivity index (χ1v) is 8.07. The number of ketones is 1. The quantitative estimate of drug-likeness (QED) is 0.243. The Kier molecular flexibility index (Phi) is 7.88. The first-order valence-electron chi connectivity index (χ1n) is 8.07. The van der Waals surface area contributed by atoms with Crippen LogP contribution in [0.3, 0.4) is 0 Å². The number of rotatable bonds is 8. The topological polar surface area (TPSA) is 180 Å². The molecule has 0 radical (unpaired) electrons. The molecule has 25 heavy (non-hydrogen) atoms. The summed E-state index contributed by atoms with van der Waals surface area (Å²) in [6, 6.07) is -1.41. The third-order valence-electron chi connectivity index (χ3n) is 4.37. The fraction of sp³-hybridized carbons (Fsp3) is 0.867. The molecule has 7 N–H and O–H groups in total. The zero-order valence-electron chi connectivity index (χ0n) is 14.2. The van der Waals surface area contributed by atoms with Gasteiger partial charge in [0.05, 0.1) is 25.9 Å². The average molecular weight is 365 g/mol. The highest BCUT2D eigenvalue weighted by molar-refractivity contribution is 5.90. The molecule has 1 saturated heterocycles. The molecule has 1 aliphatic rings. The van der Waals surface area contributed by atoms with Gasteiger partial charge in [-0.1, -0.05) is 13.3 Å². The molecule has 10 heteroatoms. The van der Waals surface area contributed by atoms with Crippen LogP contribution in [0, 0.1) is 5.92 Å². The van der Waals surface area contributed by atoms with Crippen molar-refractivity contribution >= 4 is 11.8 Å². The maximum Gasteiger partial charge on any atom is 0.367 e. The lowest BCUT2D eigenvalue weighted by Crippen LogP contribution is -2.71. The number of aliphatic hydroxyl groups is 5. The molecule has 0 aromatic heterocycles. The van der Waals surface area contributed by atoms with Crippen molar-refractivity contribution in [3.8, 4) is 0 Å². The van der Waals surface area contributed by atoms with Crippen LogP contribution in [0.5, 0.6) is 0 Å². The summed E-state index contributed by atoms with van der Waals surface area (Å²) in [4.78, 5) is 24.4. The molecule has 0 bridgehead atoms. The molecule has 0 aromatic rings. The zero-order valence-corrected chi connectivity index (χ0v) is 14.2. The van der Waals surface area contributed by atoms with Gasteiger partial charge in [0, 0.05) is 6.42 Å². The summed E-state index contributed by atoms with van der Waals surface area (Å²) in [7, 11) is 0.951. The maximum absolute atomic E-state index is 12.4. The summed E-state index contributed by atoms with van der Waals surface area (Å²) in [5, 5.41) is 49.6. The Morgan fingerprint density at radius 2 is 1.96 bits per heavy atom. The van der Waals surface area contributed by atoms with Gasteiger partial charge in [0.25, 0.3) is 5.79 Å². The predicted octanol–water partition coefficient (Wildman–Crippen LogP) is -2.98. The molecule has 10 nitrogen and oxygen atoms in total. The van der Waals surface area contributed by atoms with E-state index in [1.54, 1.807) is 0 Å². The minimum absolute atomic E-state index is 0.0277. The van der Waals surface area contributed by atoms with Crippen LogP contribution in [-0.4, -0.2) is 87.2 Å². The summed E-state index contributed by atoms with van der Waals surface area (Å²) in [6.07, 6.45) is -5.79. The van der Waals surface area contributed by atoms with Crippen LogP contribution in [0.25, 0.3) is 0 Å². The second-order valence-electron chi connectivity index (χ2n) is 6.13. The van der Waals surface area contributed by atoms with Gasteiger partial charge in [0.2, 0.25) is 0 Å². The lowest BCUT2D eigenvalue weighted by Gasteiger charge is -2.47. The van der Waals surface area contributed by atoms with Crippen molar-refractivity contribution < 1.29 is 44.6 Å². The van der Waals surface area contributed by atoms with Gasteiger partial charge in [-0.3, -0.25) is 4.79 Å². The Morgan fingerprint density at radius 1 is 1.36 bits per heavy atom. The molecule has 1 fully saturated rings. The van der Waals surface area contributed by atoms with E-state index in [0.717, 1.165) is 7.11 Å². The standard InChI is InChI=1S/C15H27NO9/c1-3-4-5-7(18)9-12(21)10(16)13(11(20)8(19)6-17)25-15(9,23)14(22)24-2/h8-13,17,19-21,23H,3-6,16H2,1-2H3/t8-,9?,10-,11-,12+,13-,15?/m1/s1. The number of hydrogen-bond acceptors (Lipinski definition) is 10. The van der Waals surface area contributed by atoms with Gasteiger partial charge >= 0.3 is 5.97 Å². The van der Waals surface area contributed by atoms with Crippen molar-refractivity contribution in [1.29, 1.82) is 0 Å². The van der Waals surface area contributed by atoms with Crippen LogP contribution >= 0.6 is 0 Å². The van der Waals surface area contributed by atoms with Crippen molar-refractivity contribution in [1.82, 2.24) is 0 Å². The molecule has 0 spiro atoms. The second-order valence-corrected chi connectivity index (χ2v) is 6.13. The summed E-state index contributed by atoms with van der Waals surface area (Å²) in [5.74, 6) is -6.58. The Morgan fingerprint density at radius 3 is 2.44 bits per heavy atom. The predicted molar refractivity (Wildman–Crippen MR) is 82.9 cm³/mol. The monoisotopic (exact) mass is 365 g/mol. The molecule has 0 amide bonds. The molecule has 1 rings (SSSR count). The zero-order chi connectivity index (χ0) is 19.4. The molecule has 1 heterocycles. The van der Waals surface area contributed by atoms with Crippen molar-refractivity contribution in [2.24, 2.45) is 11.7 Å². The highest BCUT2D eigenvalue weighted by Gasteiger charge is 2.61. The van der Waals surface area contributed by atoms with Gasteiger partial charge in [-0.25, -0.2) is 4.79 Å². The molecule has 146 valence electrons. The Balaban J connectivity index is 3.23. The normalized spacial score (nSPS) is 35.0. The molecule has 0 aliphatic carbocycles. The van der Waals surface area contributed by atoms with Gasteiger partial charge in [-0.05, 0) is 6.42 Å². The van der Waals surface area contributed by atoms with E-state index in [0.29, 0.717) is 12.8 Å². The van der Waals surface area contributed by atoms with Gasteiger partial charge < -0.3 is 40.7 Å². The summed E-state index contributed by atoms with van der Waals surface area (Å²) in [6.45, 7) is 0.987. The smallest absolute Gasteiger partial charge is 0.367 e. The average Bonchev–Trinajstić information content (AvgIpc) is 2.60. The van der Waals surface area contributed by atoms with Crippen molar-refractivity contribution in [3.63, 3.8) is 0 Å². The van der Waals surface area contributed by atoms with E-state index in [1.165, 1.54) is 0 Å². The van der Waals surface area contributed by atoms with Crippen LogP contribution in [-0.2, 0) is 19.1 Å². The van der Waals surface area contributed by atoms with Gasteiger partial charge in [0.1, 0.15) is 30.0 Å². The fourth-order valence-corrected chi connectivity index (χ4v) is 2.87. The van der Waals surface area contributed by atoms with E-state index in [4.69, 9.17) is 15.6 Å². The van der Waals surface area contributed by atoms with Crippen molar-refractivity contribution in [2.45, 2.75) is 62.4 Å². The molecular weight excluding hydrogens is 338 g/mol. The molecule has 0 aromatic carbocycles. The Hall–Kier alpha value is -1.14. The number of hydrogen-bond donors (Lipinski definition) is 6. The van der Waals surface area contributed by atoms with E-state index in [2.05, 4.69) is 4.74 Å². The highest BCUT2D eigenvalue weighted by Crippen LogP contribution is 2.36. The van der Waals surface area contributed by atoms with Gasteiger partial charge in [-0.15, -0.1) is 0 Å². The SMILES string of the molecule is CCCCC(=O)C1[C@H](O)[C@@H](N)[C@H]([C@H](O)[C@H](O)CO)OC1(O)C(=O)OC. The lowest BCUT2D eigenvalue weighted by atomic mass is 9.77. The van der Waals surface area contributed by atoms with Crippen molar-refractivity contribution in [2.75, 3.05) is 13.7 Å². The first kappa shape index (κ1) is 21.9. The minimum atomic E-state index is -2.88. The minimum Gasteiger partial charge on any atom is -0.465 e.